The molecule has 7 aliphatic rings. The van der Waals surface area contributed by atoms with Crippen molar-refractivity contribution < 1.29 is 69.1 Å². The van der Waals surface area contributed by atoms with Gasteiger partial charge in [-0.3, -0.25) is 4.79 Å². The summed E-state index contributed by atoms with van der Waals surface area (Å²) in [7, 11) is 0. The average Bonchev–Trinajstić information content (AvgIpc) is 3.10. The summed E-state index contributed by atoms with van der Waals surface area (Å²) in [6.45, 7) is 15.9. The zero-order chi connectivity index (χ0) is 40.4. The number of allylic oxidation sites excluding steroid dienone is 2. The van der Waals surface area contributed by atoms with Gasteiger partial charge in [-0.2, -0.15) is 0 Å². The fourth-order valence-corrected chi connectivity index (χ4v) is 13.2. The third-order valence-corrected chi connectivity index (χ3v) is 16.6. The maximum Gasteiger partial charge on any atom is 0.335 e. The summed E-state index contributed by atoms with van der Waals surface area (Å²) >= 11 is 0. The van der Waals surface area contributed by atoms with Crippen LogP contribution in [0.1, 0.15) is 106 Å². The summed E-state index contributed by atoms with van der Waals surface area (Å²) in [6.07, 6.45) is -9.29. The molecule has 11 unspecified atom stereocenters. The number of carboxylic acids is 2. The summed E-state index contributed by atoms with van der Waals surface area (Å²) in [5.41, 5.74) is 0.200. The third-order valence-electron chi connectivity index (χ3n) is 16.6. The van der Waals surface area contributed by atoms with Crippen molar-refractivity contribution in [2.24, 2.45) is 50.7 Å². The molecule has 0 aromatic carbocycles. The molecule has 0 amide bonds. The lowest BCUT2D eigenvalue weighted by atomic mass is 9.33. The van der Waals surface area contributed by atoms with Crippen LogP contribution >= 0.6 is 0 Å². The zero-order valence-corrected chi connectivity index (χ0v) is 33.1. The highest BCUT2D eigenvalue weighted by atomic mass is 16.8. The number of aliphatic hydroxyl groups excluding tert-OH is 5. The minimum Gasteiger partial charge on any atom is -0.479 e. The van der Waals surface area contributed by atoms with E-state index in [0.29, 0.717) is 24.7 Å². The highest BCUT2D eigenvalue weighted by molar-refractivity contribution is 5.95. The van der Waals surface area contributed by atoms with Crippen molar-refractivity contribution >= 4 is 17.7 Å². The number of rotatable bonds is 6. The number of carboxylic acid groups (broad SMARTS) is 2. The van der Waals surface area contributed by atoms with Gasteiger partial charge in [0, 0.05) is 5.92 Å². The standard InChI is InChI=1S/C41H62O14/c1-18-8-11-38(4)14-15-40(6)20(19(38)16-18)17-21(42)32-39(5)12-10-23(37(2,3)22(39)9-13-41(32,40)7)52-36-31(27(46)26(45)30(54-36)34(50)51)55-35-28(47)24(43)25(44)29(53-35)33(48)49/h17-19,22-32,35-36,43-47H,8-16H2,1-7H3,(H,48,49)(H,50,51)/t18-,19?,22?,23?,24+,25+,26+,27+,28-,29?,30?,31?,32?,35+,36?,38?,39?,40-,41?/m1/s1. The van der Waals surface area contributed by atoms with Crippen LogP contribution in [0.5, 0.6) is 0 Å². The summed E-state index contributed by atoms with van der Waals surface area (Å²) in [4.78, 5) is 38.7. The van der Waals surface area contributed by atoms with Gasteiger partial charge in [0.05, 0.1) is 6.10 Å². The SMILES string of the molecule is C[C@@H]1CCC2(C)CC[C@]3(C)C(=CC(=O)C4C5(C)CCC(OC6OC(C(=O)O)[C@@H](O)[C@H](O)C6O[C@@H]6OC(C(=O)O)[C@@H](O)[C@H](O)[C@H]6O)C(C)(C)C5CCC43C)C2C1. The number of ether oxygens (including phenoxy) is 4. The molecule has 14 nitrogen and oxygen atoms in total. The van der Waals surface area contributed by atoms with Crippen molar-refractivity contribution in [2.45, 2.75) is 174 Å². The van der Waals surface area contributed by atoms with Crippen LogP contribution < -0.4 is 0 Å². The summed E-state index contributed by atoms with van der Waals surface area (Å²) in [5, 5.41) is 72.7. The molecule has 0 radical (unpaired) electrons. The Kier molecular flexibility index (Phi) is 10.3. The maximum atomic E-state index is 14.7. The number of aliphatic hydroxyl groups is 5. The van der Waals surface area contributed by atoms with Crippen LogP contribution in [-0.4, -0.2) is 121 Å². The van der Waals surface area contributed by atoms with Gasteiger partial charge in [0.2, 0.25) is 0 Å². The molecule has 7 rings (SSSR count). The van der Waals surface area contributed by atoms with Crippen molar-refractivity contribution in [1.82, 2.24) is 0 Å². The monoisotopic (exact) mass is 778 g/mol. The van der Waals surface area contributed by atoms with Crippen molar-refractivity contribution in [1.29, 1.82) is 0 Å². The van der Waals surface area contributed by atoms with Crippen LogP contribution in [0.3, 0.4) is 0 Å². The summed E-state index contributed by atoms with van der Waals surface area (Å²) in [6, 6.07) is 0. The van der Waals surface area contributed by atoms with Gasteiger partial charge in [0.1, 0.15) is 36.6 Å². The first-order chi connectivity index (χ1) is 25.5. The Hall–Kier alpha value is -2.01. The van der Waals surface area contributed by atoms with Crippen LogP contribution in [0, 0.1) is 50.7 Å². The average molecular weight is 779 g/mol. The Morgan fingerprint density at radius 1 is 0.727 bits per heavy atom. The number of aliphatic carboxylic acids is 2. The van der Waals surface area contributed by atoms with Gasteiger partial charge in [-0.05, 0) is 102 Å². The lowest BCUT2D eigenvalue weighted by molar-refractivity contribution is -0.371. The van der Waals surface area contributed by atoms with Gasteiger partial charge < -0.3 is 54.7 Å². The van der Waals surface area contributed by atoms with E-state index in [1.165, 1.54) is 18.4 Å². The molecule has 7 N–H and O–H groups in total. The van der Waals surface area contributed by atoms with Crippen LogP contribution in [0.15, 0.2) is 11.6 Å². The normalized spacial score (nSPS) is 53.5. The minimum absolute atomic E-state index is 0.00640. The van der Waals surface area contributed by atoms with Crippen LogP contribution in [0.2, 0.25) is 0 Å². The van der Waals surface area contributed by atoms with Gasteiger partial charge in [-0.1, -0.05) is 60.5 Å². The van der Waals surface area contributed by atoms with E-state index < -0.39 is 90.3 Å². The van der Waals surface area contributed by atoms with Gasteiger partial charge in [-0.15, -0.1) is 0 Å². The summed E-state index contributed by atoms with van der Waals surface area (Å²) < 4.78 is 23.4. The van der Waals surface area contributed by atoms with E-state index in [-0.39, 0.29) is 33.9 Å². The predicted molar refractivity (Wildman–Crippen MR) is 193 cm³/mol. The molecule has 55 heavy (non-hydrogen) atoms. The molecule has 19 atom stereocenters. The molecule has 2 aliphatic heterocycles. The first-order valence-corrected chi connectivity index (χ1v) is 20.3. The number of fused-ring (bicyclic) bond motifs is 7. The Morgan fingerprint density at radius 2 is 1.35 bits per heavy atom. The fourth-order valence-electron chi connectivity index (χ4n) is 13.2. The van der Waals surface area contributed by atoms with Crippen LogP contribution in [-0.2, 0) is 33.3 Å². The predicted octanol–water partition coefficient (Wildman–Crippen LogP) is 2.79. The number of hydrogen-bond donors (Lipinski definition) is 7. The molecule has 6 fully saturated rings. The van der Waals surface area contributed by atoms with E-state index in [0.717, 1.165) is 32.1 Å². The van der Waals surface area contributed by atoms with E-state index in [4.69, 9.17) is 18.9 Å². The molecule has 4 saturated carbocycles. The topological polar surface area (TPSA) is 230 Å². The second-order valence-electron chi connectivity index (χ2n) is 19.9. The van der Waals surface area contributed by atoms with Crippen molar-refractivity contribution in [3.8, 4) is 0 Å². The van der Waals surface area contributed by atoms with Crippen molar-refractivity contribution in [3.63, 3.8) is 0 Å². The smallest absolute Gasteiger partial charge is 0.335 e. The number of carbonyl (C=O) groups is 3. The van der Waals surface area contributed by atoms with Gasteiger partial charge in [-0.25, -0.2) is 9.59 Å². The Labute approximate surface area is 322 Å². The van der Waals surface area contributed by atoms with Gasteiger partial charge in [0.25, 0.3) is 0 Å². The molecule has 0 aromatic heterocycles. The van der Waals surface area contributed by atoms with E-state index in [9.17, 15) is 50.1 Å². The maximum absolute atomic E-state index is 14.7. The third kappa shape index (κ3) is 6.10. The molecule has 2 heterocycles. The molecule has 14 heteroatoms. The Morgan fingerprint density at radius 3 is 1.98 bits per heavy atom. The van der Waals surface area contributed by atoms with Gasteiger partial charge >= 0.3 is 11.9 Å². The largest absolute Gasteiger partial charge is 0.479 e. The first kappa shape index (κ1) is 41.2. The quantitative estimate of drug-likeness (QED) is 0.193. The number of ketones is 1. The highest BCUT2D eigenvalue weighted by Crippen LogP contribution is 2.75. The molecule has 310 valence electrons. The Bertz CT molecular complexity index is 1580. The minimum atomic E-state index is -2.02. The van der Waals surface area contributed by atoms with Crippen molar-refractivity contribution in [3.05, 3.63) is 11.6 Å². The van der Waals surface area contributed by atoms with E-state index >= 15 is 0 Å². The Balaban J connectivity index is 1.17. The number of hydrogen-bond acceptors (Lipinski definition) is 12. The number of carbonyl (C=O) groups excluding carboxylic acids is 1. The molecule has 0 spiro atoms. The van der Waals surface area contributed by atoms with E-state index in [1.54, 1.807) is 0 Å². The van der Waals surface area contributed by atoms with E-state index in [1.807, 2.05) is 0 Å². The molecule has 5 aliphatic carbocycles. The molecule has 2 saturated heterocycles. The molecule has 0 bridgehead atoms. The fraction of sp³-hybridized carbons (Fsp3) is 0.878. The molecular formula is C41H62O14. The van der Waals surface area contributed by atoms with Gasteiger partial charge in [0.15, 0.2) is 30.6 Å². The molecule has 0 aromatic rings. The van der Waals surface area contributed by atoms with Crippen LogP contribution in [0.4, 0.5) is 0 Å². The highest BCUT2D eigenvalue weighted by Gasteiger charge is 2.70. The van der Waals surface area contributed by atoms with Crippen molar-refractivity contribution in [2.75, 3.05) is 0 Å². The second kappa shape index (κ2) is 13.8. The lowest BCUT2D eigenvalue weighted by Crippen LogP contribution is -2.68. The second-order valence-corrected chi connectivity index (χ2v) is 19.9. The summed E-state index contributed by atoms with van der Waals surface area (Å²) in [5.74, 6) is -2.20. The first-order valence-electron chi connectivity index (χ1n) is 20.3. The van der Waals surface area contributed by atoms with E-state index in [2.05, 4.69) is 54.5 Å². The zero-order valence-electron chi connectivity index (χ0n) is 33.1. The van der Waals surface area contributed by atoms with Crippen LogP contribution in [0.25, 0.3) is 0 Å². The lowest BCUT2D eigenvalue weighted by Gasteiger charge is -2.70. The molecular weight excluding hydrogens is 716 g/mol.